The molecule has 0 fully saturated rings. The summed E-state index contributed by atoms with van der Waals surface area (Å²) in [7, 11) is 0. The van der Waals surface area contributed by atoms with Gasteiger partial charge in [0.15, 0.2) is 5.69 Å². The van der Waals surface area contributed by atoms with Gasteiger partial charge in [-0.3, -0.25) is 4.98 Å². The minimum absolute atomic E-state index is 0.324. The van der Waals surface area contributed by atoms with Crippen molar-refractivity contribution in [1.82, 2.24) is 9.97 Å². The second-order valence-electron chi connectivity index (χ2n) is 7.75. The van der Waals surface area contributed by atoms with Crippen LogP contribution in [0.5, 0.6) is 0 Å². The Bertz CT molecular complexity index is 823. The maximum Gasteiger partial charge on any atom is 0.330 e. The van der Waals surface area contributed by atoms with Crippen LogP contribution in [0.4, 0.5) is 0 Å². The molecule has 0 aliphatic heterocycles. The predicted molar refractivity (Wildman–Crippen MR) is 123 cm³/mol. The van der Waals surface area contributed by atoms with Gasteiger partial charge in [-0.2, -0.15) is 5.26 Å². The molecule has 0 atom stereocenters. The Morgan fingerprint density at radius 2 is 1.52 bits per heavy atom. The normalized spacial score (nSPS) is 10.4. The summed E-state index contributed by atoms with van der Waals surface area (Å²) in [5.74, 6) is -0.324. The number of carbonyl (C=O) groups excluding carboxylic acids is 1. The zero-order chi connectivity index (χ0) is 22.2. The van der Waals surface area contributed by atoms with Crippen molar-refractivity contribution in [2.24, 2.45) is 0 Å². The Labute approximate surface area is 186 Å². The van der Waals surface area contributed by atoms with E-state index in [0.717, 1.165) is 30.5 Å². The fourth-order valence-corrected chi connectivity index (χ4v) is 3.45. The molecule has 0 unspecified atom stereocenters. The maximum absolute atomic E-state index is 10.9. The lowest BCUT2D eigenvalue weighted by atomic mass is 10.0. The number of aryl methyl sites for hydroxylation is 1. The number of ether oxygens (including phenoxy) is 1. The standard InChI is InChI=1S/C26H33N3O2/c1-2-26(30)31-18-12-10-8-6-4-3-5-7-9-11-13-22-14-16-23(17-15-22)25-21-28-24(19-27)20-29-25/h2,14-17,20-21H,1,3-13,18H2. The number of nitriles is 1. The van der Waals surface area contributed by atoms with E-state index in [1.807, 2.05) is 6.07 Å². The first-order chi connectivity index (χ1) is 15.2. The number of nitrogens with zero attached hydrogens (tertiary/aromatic N) is 3. The third-order valence-electron chi connectivity index (χ3n) is 5.29. The molecule has 1 aromatic carbocycles. The van der Waals surface area contributed by atoms with E-state index in [2.05, 4.69) is 40.8 Å². The Morgan fingerprint density at radius 1 is 0.903 bits per heavy atom. The molecule has 31 heavy (non-hydrogen) atoms. The lowest BCUT2D eigenvalue weighted by Gasteiger charge is -2.05. The molecule has 1 aromatic heterocycles. The van der Waals surface area contributed by atoms with Gasteiger partial charge < -0.3 is 4.74 Å². The number of esters is 1. The molecule has 0 amide bonds. The zero-order valence-corrected chi connectivity index (χ0v) is 18.4. The minimum atomic E-state index is -0.324. The Morgan fingerprint density at radius 3 is 2.06 bits per heavy atom. The van der Waals surface area contributed by atoms with E-state index >= 15 is 0 Å². The van der Waals surface area contributed by atoms with Crippen LogP contribution in [0, 0.1) is 11.3 Å². The number of unbranched alkanes of at least 4 members (excludes halogenated alkanes) is 9. The minimum Gasteiger partial charge on any atom is -0.463 e. The molecule has 0 saturated carbocycles. The van der Waals surface area contributed by atoms with Crippen molar-refractivity contribution >= 4 is 5.97 Å². The largest absolute Gasteiger partial charge is 0.463 e. The summed E-state index contributed by atoms with van der Waals surface area (Å²) in [6.45, 7) is 3.89. The molecule has 0 bridgehead atoms. The van der Waals surface area contributed by atoms with Crippen LogP contribution in [0.2, 0.25) is 0 Å². The summed E-state index contributed by atoms with van der Waals surface area (Å²) in [4.78, 5) is 19.3. The maximum atomic E-state index is 10.9. The fraction of sp³-hybridized carbons (Fsp3) is 0.462. The molecule has 0 aliphatic carbocycles. The van der Waals surface area contributed by atoms with Crippen LogP contribution in [-0.2, 0) is 16.0 Å². The van der Waals surface area contributed by atoms with Crippen molar-refractivity contribution in [2.75, 3.05) is 6.61 Å². The van der Waals surface area contributed by atoms with Gasteiger partial charge in [0.1, 0.15) is 6.07 Å². The van der Waals surface area contributed by atoms with Gasteiger partial charge in [-0.25, -0.2) is 9.78 Å². The molecule has 0 saturated heterocycles. The molecule has 0 N–H and O–H groups in total. The molecule has 5 heteroatoms. The van der Waals surface area contributed by atoms with Crippen molar-refractivity contribution in [2.45, 2.75) is 70.6 Å². The number of hydrogen-bond acceptors (Lipinski definition) is 5. The first-order valence-electron chi connectivity index (χ1n) is 11.3. The molecule has 1 heterocycles. The highest BCUT2D eigenvalue weighted by Gasteiger charge is 2.02. The van der Waals surface area contributed by atoms with Crippen molar-refractivity contribution in [3.63, 3.8) is 0 Å². The zero-order valence-electron chi connectivity index (χ0n) is 18.4. The first-order valence-corrected chi connectivity index (χ1v) is 11.3. The molecule has 164 valence electrons. The molecule has 0 spiro atoms. The summed E-state index contributed by atoms with van der Waals surface area (Å²) in [5.41, 5.74) is 3.51. The average Bonchev–Trinajstić information content (AvgIpc) is 2.82. The van der Waals surface area contributed by atoms with Crippen LogP contribution in [-0.4, -0.2) is 22.5 Å². The van der Waals surface area contributed by atoms with Crippen LogP contribution >= 0.6 is 0 Å². The lowest BCUT2D eigenvalue weighted by Crippen LogP contribution is -2.01. The highest BCUT2D eigenvalue weighted by molar-refractivity contribution is 5.81. The summed E-state index contributed by atoms with van der Waals surface area (Å²) in [6, 6.07) is 10.5. The van der Waals surface area contributed by atoms with Gasteiger partial charge >= 0.3 is 5.97 Å². The monoisotopic (exact) mass is 419 g/mol. The molecular formula is C26H33N3O2. The summed E-state index contributed by atoms with van der Waals surface area (Å²) >= 11 is 0. The Hall–Kier alpha value is -3.00. The summed E-state index contributed by atoms with van der Waals surface area (Å²) in [5, 5.41) is 8.80. The Kier molecular flexibility index (Phi) is 11.7. The molecule has 2 rings (SSSR count). The van der Waals surface area contributed by atoms with E-state index in [9.17, 15) is 4.79 Å². The Balaban J connectivity index is 1.46. The number of benzene rings is 1. The third kappa shape index (κ3) is 10.0. The third-order valence-corrected chi connectivity index (χ3v) is 5.29. The molecule has 0 radical (unpaired) electrons. The quantitative estimate of drug-likeness (QED) is 0.195. The van der Waals surface area contributed by atoms with Crippen molar-refractivity contribution in [3.05, 3.63) is 60.6 Å². The van der Waals surface area contributed by atoms with Crippen LogP contribution < -0.4 is 0 Å². The van der Waals surface area contributed by atoms with E-state index in [1.54, 1.807) is 6.20 Å². The molecule has 2 aromatic rings. The van der Waals surface area contributed by atoms with Crippen molar-refractivity contribution in [3.8, 4) is 17.3 Å². The van der Waals surface area contributed by atoms with Gasteiger partial charge in [-0.1, -0.05) is 82.2 Å². The van der Waals surface area contributed by atoms with Crippen LogP contribution in [0.1, 0.15) is 75.5 Å². The van der Waals surface area contributed by atoms with Gasteiger partial charge in [0.05, 0.1) is 24.7 Å². The number of rotatable bonds is 15. The number of hydrogen-bond donors (Lipinski definition) is 0. The average molecular weight is 420 g/mol. The van der Waals surface area contributed by atoms with Gasteiger partial charge in [-0.15, -0.1) is 0 Å². The fourth-order valence-electron chi connectivity index (χ4n) is 3.45. The highest BCUT2D eigenvalue weighted by Crippen LogP contribution is 2.18. The predicted octanol–water partition coefficient (Wildman–Crippen LogP) is 6.19. The van der Waals surface area contributed by atoms with E-state index < -0.39 is 0 Å². The van der Waals surface area contributed by atoms with E-state index in [0.29, 0.717) is 12.3 Å². The van der Waals surface area contributed by atoms with Gasteiger partial charge in [-0.05, 0) is 24.8 Å². The first kappa shape index (κ1) is 24.3. The van der Waals surface area contributed by atoms with Crippen LogP contribution in [0.3, 0.4) is 0 Å². The second kappa shape index (κ2) is 14.9. The molecule has 5 nitrogen and oxygen atoms in total. The molecular weight excluding hydrogens is 386 g/mol. The lowest BCUT2D eigenvalue weighted by molar-refractivity contribution is -0.137. The second-order valence-corrected chi connectivity index (χ2v) is 7.75. The summed E-state index contributed by atoms with van der Waals surface area (Å²) in [6.07, 6.45) is 17.8. The highest BCUT2D eigenvalue weighted by atomic mass is 16.5. The van der Waals surface area contributed by atoms with Crippen LogP contribution in [0.15, 0.2) is 49.3 Å². The van der Waals surface area contributed by atoms with E-state index in [1.165, 1.54) is 69.2 Å². The smallest absolute Gasteiger partial charge is 0.330 e. The number of carbonyl (C=O) groups is 1. The van der Waals surface area contributed by atoms with E-state index in [4.69, 9.17) is 10.00 Å². The van der Waals surface area contributed by atoms with Crippen LogP contribution in [0.25, 0.3) is 11.3 Å². The van der Waals surface area contributed by atoms with E-state index in [-0.39, 0.29) is 5.97 Å². The topological polar surface area (TPSA) is 75.9 Å². The number of aromatic nitrogens is 2. The van der Waals surface area contributed by atoms with Crippen molar-refractivity contribution in [1.29, 1.82) is 5.26 Å². The van der Waals surface area contributed by atoms with Crippen molar-refractivity contribution < 1.29 is 9.53 Å². The molecule has 0 aliphatic rings. The summed E-state index contributed by atoms with van der Waals surface area (Å²) < 4.78 is 4.97. The van der Waals surface area contributed by atoms with Gasteiger partial charge in [0.25, 0.3) is 0 Å². The van der Waals surface area contributed by atoms with Gasteiger partial charge in [0, 0.05) is 11.6 Å². The SMILES string of the molecule is C=CC(=O)OCCCCCCCCCCCCc1ccc(-c2cnc(C#N)cn2)cc1. The van der Waals surface area contributed by atoms with Gasteiger partial charge in [0.2, 0.25) is 0 Å².